The fraction of sp³-hybridized carbons (Fsp3) is 0.636. The third-order valence-corrected chi connectivity index (χ3v) is 6.53. The number of hydrogen-bond donors (Lipinski definition) is 1. The molecule has 0 bridgehead atoms. The zero-order valence-electron chi connectivity index (χ0n) is 17.4. The van der Waals surface area contributed by atoms with Crippen LogP contribution >= 0.6 is 11.6 Å². The zero-order valence-corrected chi connectivity index (χ0v) is 18.1. The summed E-state index contributed by atoms with van der Waals surface area (Å²) in [7, 11) is 2.17. The summed E-state index contributed by atoms with van der Waals surface area (Å²) >= 11 is 6.26. The molecule has 0 atom stereocenters. The molecule has 0 unspecified atom stereocenters. The Bertz CT molecular complexity index is 835. The summed E-state index contributed by atoms with van der Waals surface area (Å²) < 4.78 is 1.99. The summed E-state index contributed by atoms with van der Waals surface area (Å²) in [5.74, 6) is 0.0619. The molecule has 7 heteroatoms. The number of nitrogens with one attached hydrogen (secondary N) is 1. The number of likely N-dealkylation sites (tertiary alicyclic amines) is 2. The van der Waals surface area contributed by atoms with Crippen molar-refractivity contribution in [2.24, 2.45) is 0 Å². The Morgan fingerprint density at radius 3 is 2.52 bits per heavy atom. The third-order valence-electron chi connectivity index (χ3n) is 6.30. The molecular formula is C22H32ClN5O. The van der Waals surface area contributed by atoms with Gasteiger partial charge >= 0.3 is 0 Å². The fourth-order valence-electron chi connectivity index (χ4n) is 4.46. The van der Waals surface area contributed by atoms with Crippen LogP contribution in [0.15, 0.2) is 18.3 Å². The maximum absolute atomic E-state index is 13.4. The standard InChI is InChI=1S/C22H32ClN5O/c1-26-13-9-18(10-14-26)24-15-19-21(25-20-8-7-17(23)16-28(19)20)22(29)27-11-5-3-2-4-6-12-27/h7-8,16,18,24H,2-6,9-15H2,1H3. The Morgan fingerprint density at radius 2 is 1.79 bits per heavy atom. The Balaban J connectivity index is 1.58. The quantitative estimate of drug-likeness (QED) is 0.826. The van der Waals surface area contributed by atoms with Gasteiger partial charge in [0.05, 0.1) is 10.7 Å². The predicted molar refractivity (Wildman–Crippen MR) is 117 cm³/mol. The average Bonchev–Trinajstić information content (AvgIpc) is 3.04. The molecule has 0 radical (unpaired) electrons. The summed E-state index contributed by atoms with van der Waals surface area (Å²) in [4.78, 5) is 22.5. The zero-order chi connectivity index (χ0) is 20.2. The largest absolute Gasteiger partial charge is 0.337 e. The van der Waals surface area contributed by atoms with E-state index in [-0.39, 0.29) is 5.91 Å². The first kappa shape index (κ1) is 20.6. The van der Waals surface area contributed by atoms with E-state index in [0.717, 1.165) is 63.2 Å². The lowest BCUT2D eigenvalue weighted by Crippen LogP contribution is -2.41. The molecule has 2 aliphatic rings. The summed E-state index contributed by atoms with van der Waals surface area (Å²) in [5, 5.41) is 4.33. The van der Waals surface area contributed by atoms with E-state index in [4.69, 9.17) is 16.6 Å². The van der Waals surface area contributed by atoms with Crippen LogP contribution in [0.25, 0.3) is 5.65 Å². The minimum Gasteiger partial charge on any atom is -0.337 e. The van der Waals surface area contributed by atoms with E-state index < -0.39 is 0 Å². The second-order valence-electron chi connectivity index (χ2n) is 8.50. The molecule has 0 aliphatic carbocycles. The Hall–Kier alpha value is -1.63. The Kier molecular flexibility index (Phi) is 6.73. The molecule has 2 fully saturated rings. The first-order valence-corrected chi connectivity index (χ1v) is 11.4. The molecule has 4 rings (SSSR count). The van der Waals surface area contributed by atoms with Crippen LogP contribution in [0.3, 0.4) is 0 Å². The number of halogens is 1. The van der Waals surface area contributed by atoms with Gasteiger partial charge in [-0.3, -0.25) is 4.79 Å². The van der Waals surface area contributed by atoms with Crippen molar-refractivity contribution in [3.8, 4) is 0 Å². The highest BCUT2D eigenvalue weighted by Gasteiger charge is 2.25. The first-order chi connectivity index (χ1) is 14.1. The van der Waals surface area contributed by atoms with Crippen molar-refractivity contribution in [1.29, 1.82) is 0 Å². The van der Waals surface area contributed by atoms with E-state index >= 15 is 0 Å². The Morgan fingerprint density at radius 1 is 1.10 bits per heavy atom. The normalized spacial score (nSPS) is 20.0. The number of fused-ring (bicyclic) bond motifs is 1. The minimum absolute atomic E-state index is 0.0619. The highest BCUT2D eigenvalue weighted by molar-refractivity contribution is 6.30. The maximum atomic E-state index is 13.4. The van der Waals surface area contributed by atoms with Crippen LogP contribution in [0.4, 0.5) is 0 Å². The van der Waals surface area contributed by atoms with Crippen molar-refractivity contribution >= 4 is 23.2 Å². The molecule has 158 valence electrons. The second kappa shape index (κ2) is 9.45. The molecule has 6 nitrogen and oxygen atoms in total. The lowest BCUT2D eigenvalue weighted by atomic mass is 10.1. The molecule has 2 saturated heterocycles. The molecule has 2 aromatic heterocycles. The maximum Gasteiger partial charge on any atom is 0.274 e. The Labute approximate surface area is 178 Å². The van der Waals surface area contributed by atoms with E-state index in [9.17, 15) is 4.79 Å². The number of pyridine rings is 1. The van der Waals surface area contributed by atoms with Gasteiger partial charge in [-0.1, -0.05) is 30.9 Å². The van der Waals surface area contributed by atoms with Crippen molar-refractivity contribution in [3.63, 3.8) is 0 Å². The van der Waals surface area contributed by atoms with Crippen molar-refractivity contribution in [2.45, 2.75) is 57.5 Å². The molecule has 0 saturated carbocycles. The molecule has 1 amide bonds. The van der Waals surface area contributed by atoms with Crippen molar-refractivity contribution < 1.29 is 4.79 Å². The van der Waals surface area contributed by atoms with Crippen LogP contribution in [-0.2, 0) is 6.54 Å². The smallest absolute Gasteiger partial charge is 0.274 e. The van der Waals surface area contributed by atoms with E-state index in [1.807, 2.05) is 27.6 Å². The molecule has 1 N–H and O–H groups in total. The van der Waals surface area contributed by atoms with Crippen LogP contribution in [0.1, 0.15) is 61.1 Å². The van der Waals surface area contributed by atoms with Gasteiger partial charge in [0.25, 0.3) is 5.91 Å². The molecule has 2 aliphatic heterocycles. The van der Waals surface area contributed by atoms with Gasteiger partial charge < -0.3 is 19.5 Å². The lowest BCUT2D eigenvalue weighted by Gasteiger charge is -2.29. The minimum atomic E-state index is 0.0619. The van der Waals surface area contributed by atoms with Gasteiger partial charge in [-0.15, -0.1) is 0 Å². The number of imidazole rings is 1. The van der Waals surface area contributed by atoms with Gasteiger partial charge in [0.1, 0.15) is 5.65 Å². The average molecular weight is 418 g/mol. The molecular weight excluding hydrogens is 386 g/mol. The molecule has 29 heavy (non-hydrogen) atoms. The van der Waals surface area contributed by atoms with Gasteiger partial charge in [-0.2, -0.15) is 0 Å². The SMILES string of the molecule is CN1CCC(NCc2c(C(=O)N3CCCCCCC3)nc3ccc(Cl)cn23)CC1. The highest BCUT2D eigenvalue weighted by Crippen LogP contribution is 2.21. The van der Waals surface area contributed by atoms with E-state index in [0.29, 0.717) is 23.3 Å². The van der Waals surface area contributed by atoms with Gasteiger partial charge in [0.2, 0.25) is 0 Å². The van der Waals surface area contributed by atoms with Crippen LogP contribution in [-0.4, -0.2) is 64.4 Å². The molecule has 0 spiro atoms. The van der Waals surface area contributed by atoms with E-state index in [1.54, 1.807) is 0 Å². The van der Waals surface area contributed by atoms with E-state index in [1.165, 1.54) is 19.3 Å². The highest BCUT2D eigenvalue weighted by atomic mass is 35.5. The summed E-state index contributed by atoms with van der Waals surface area (Å²) in [6.45, 7) is 4.50. The molecule has 4 heterocycles. The predicted octanol–water partition coefficient (Wildman–Crippen LogP) is 3.58. The van der Waals surface area contributed by atoms with Crippen LogP contribution in [0.2, 0.25) is 5.02 Å². The van der Waals surface area contributed by atoms with Crippen LogP contribution in [0.5, 0.6) is 0 Å². The number of carbonyl (C=O) groups excluding carboxylic acids is 1. The number of carbonyl (C=O) groups is 1. The van der Waals surface area contributed by atoms with Gasteiger partial charge in [-0.25, -0.2) is 4.98 Å². The van der Waals surface area contributed by atoms with Crippen molar-refractivity contribution in [3.05, 3.63) is 34.7 Å². The van der Waals surface area contributed by atoms with Gasteiger partial charge in [0.15, 0.2) is 5.69 Å². The number of aromatic nitrogens is 2. The number of hydrogen-bond acceptors (Lipinski definition) is 4. The van der Waals surface area contributed by atoms with Crippen LogP contribution in [0, 0.1) is 0 Å². The number of piperidine rings is 1. The third kappa shape index (κ3) is 4.93. The number of amides is 1. The molecule has 2 aromatic rings. The van der Waals surface area contributed by atoms with E-state index in [2.05, 4.69) is 17.3 Å². The topological polar surface area (TPSA) is 52.9 Å². The summed E-state index contributed by atoms with van der Waals surface area (Å²) in [5.41, 5.74) is 2.28. The monoisotopic (exact) mass is 417 g/mol. The summed E-state index contributed by atoms with van der Waals surface area (Å²) in [6.07, 6.45) is 9.97. The van der Waals surface area contributed by atoms with Gasteiger partial charge in [0, 0.05) is 31.9 Å². The first-order valence-electron chi connectivity index (χ1n) is 11.0. The second-order valence-corrected chi connectivity index (χ2v) is 8.94. The van der Waals surface area contributed by atoms with Gasteiger partial charge in [-0.05, 0) is 58.0 Å². The number of nitrogens with zero attached hydrogens (tertiary/aromatic N) is 4. The summed E-state index contributed by atoms with van der Waals surface area (Å²) in [6, 6.07) is 4.20. The van der Waals surface area contributed by atoms with Crippen LogP contribution < -0.4 is 5.32 Å². The van der Waals surface area contributed by atoms with Crippen molar-refractivity contribution in [2.75, 3.05) is 33.2 Å². The number of rotatable bonds is 4. The lowest BCUT2D eigenvalue weighted by molar-refractivity contribution is 0.0735. The molecule has 0 aromatic carbocycles. The van der Waals surface area contributed by atoms with Crippen molar-refractivity contribution in [1.82, 2.24) is 24.5 Å². The fourth-order valence-corrected chi connectivity index (χ4v) is 4.62.